The first-order valence-electron chi connectivity index (χ1n) is 6.09. The fourth-order valence-electron chi connectivity index (χ4n) is 1.79. The Morgan fingerprint density at radius 2 is 2.22 bits per heavy atom. The molecular weight excluding hydrogens is 248 g/mol. The van der Waals surface area contributed by atoms with Gasteiger partial charge in [0.25, 0.3) is 0 Å². The normalized spacial score (nSPS) is 12.8. The van der Waals surface area contributed by atoms with Crippen LogP contribution in [0.2, 0.25) is 0 Å². The van der Waals surface area contributed by atoms with Crippen LogP contribution in [0.4, 0.5) is 9.93 Å². The maximum atomic E-state index is 11.8. The van der Waals surface area contributed by atoms with Crippen LogP contribution in [0, 0.1) is 5.92 Å². The fraction of sp³-hybridized carbons (Fsp3) is 0.667. The number of hydrogen-bond acceptors (Lipinski definition) is 4. The molecule has 0 saturated heterocycles. The highest BCUT2D eigenvalue weighted by Gasteiger charge is 2.15. The molecule has 1 heterocycles. The summed E-state index contributed by atoms with van der Waals surface area (Å²) in [4.78, 5) is 17.9. The lowest BCUT2D eigenvalue weighted by Crippen LogP contribution is -2.44. The van der Waals surface area contributed by atoms with E-state index in [-0.39, 0.29) is 12.1 Å². The van der Waals surface area contributed by atoms with Gasteiger partial charge in [-0.1, -0.05) is 13.8 Å². The molecule has 0 aromatic carbocycles. The number of nitrogens with zero attached hydrogens (tertiary/aromatic N) is 2. The minimum absolute atomic E-state index is 0.153. The van der Waals surface area contributed by atoms with Crippen molar-refractivity contribution in [3.05, 3.63) is 11.6 Å². The summed E-state index contributed by atoms with van der Waals surface area (Å²) in [6.45, 7) is 5.15. The van der Waals surface area contributed by atoms with Crippen molar-refractivity contribution in [1.82, 2.24) is 15.2 Å². The maximum Gasteiger partial charge on any atom is 0.321 e. The zero-order valence-corrected chi connectivity index (χ0v) is 12.3. The predicted molar refractivity (Wildman–Crippen MR) is 76.1 cm³/mol. The van der Waals surface area contributed by atoms with E-state index in [0.29, 0.717) is 11.0 Å². The molecule has 1 unspecified atom stereocenters. The van der Waals surface area contributed by atoms with Gasteiger partial charge in [0.15, 0.2) is 5.13 Å². The van der Waals surface area contributed by atoms with Gasteiger partial charge in [0.2, 0.25) is 0 Å². The smallest absolute Gasteiger partial charge is 0.321 e. The van der Waals surface area contributed by atoms with Crippen LogP contribution in [0.1, 0.15) is 20.3 Å². The highest BCUT2D eigenvalue weighted by Crippen LogP contribution is 2.10. The second-order valence-electron chi connectivity index (χ2n) is 5.02. The molecule has 0 aliphatic carbocycles. The van der Waals surface area contributed by atoms with Gasteiger partial charge < -0.3 is 10.2 Å². The Morgan fingerprint density at radius 3 is 2.72 bits per heavy atom. The van der Waals surface area contributed by atoms with Crippen LogP contribution in [0.5, 0.6) is 0 Å². The summed E-state index contributed by atoms with van der Waals surface area (Å²) < 4.78 is 0. The minimum Gasteiger partial charge on any atom is -0.334 e. The van der Waals surface area contributed by atoms with Crippen LogP contribution in [-0.4, -0.2) is 42.6 Å². The number of amides is 2. The molecule has 0 spiro atoms. The molecule has 18 heavy (non-hydrogen) atoms. The van der Waals surface area contributed by atoms with E-state index in [9.17, 15) is 4.79 Å². The molecule has 1 atom stereocenters. The van der Waals surface area contributed by atoms with Gasteiger partial charge >= 0.3 is 6.03 Å². The van der Waals surface area contributed by atoms with Gasteiger partial charge in [-0.15, -0.1) is 11.3 Å². The lowest BCUT2D eigenvalue weighted by molar-refractivity contribution is 0.240. The quantitative estimate of drug-likeness (QED) is 0.833. The molecular formula is C12H22N4OS. The average Bonchev–Trinajstić information content (AvgIpc) is 2.67. The Kier molecular flexibility index (Phi) is 6.07. The first-order chi connectivity index (χ1) is 8.47. The number of nitrogens with one attached hydrogen (secondary N) is 2. The number of thiazole rings is 1. The van der Waals surface area contributed by atoms with Gasteiger partial charge in [-0.2, -0.15) is 0 Å². The topological polar surface area (TPSA) is 57.3 Å². The largest absolute Gasteiger partial charge is 0.334 e. The molecule has 0 bridgehead atoms. The minimum atomic E-state index is -0.183. The van der Waals surface area contributed by atoms with Crippen molar-refractivity contribution < 1.29 is 4.79 Å². The third-order valence-electron chi connectivity index (χ3n) is 2.33. The Bertz CT molecular complexity index is 341. The Balaban J connectivity index is 2.45. The standard InChI is InChI=1S/C12H22N4OS/c1-9(2)7-10(8-16(3)4)14-11(17)15-12-13-5-6-18-12/h5-6,9-10H,7-8H2,1-4H3,(H2,13,14,15,17). The van der Waals surface area contributed by atoms with E-state index in [4.69, 9.17) is 0 Å². The number of aromatic nitrogens is 1. The maximum absolute atomic E-state index is 11.8. The highest BCUT2D eigenvalue weighted by molar-refractivity contribution is 7.13. The van der Waals surface area contributed by atoms with Gasteiger partial charge in [-0.05, 0) is 26.4 Å². The van der Waals surface area contributed by atoms with Gasteiger partial charge in [-0.3, -0.25) is 5.32 Å². The molecule has 0 fully saturated rings. The number of carbonyl (C=O) groups is 1. The average molecular weight is 270 g/mol. The van der Waals surface area contributed by atoms with E-state index in [1.54, 1.807) is 6.20 Å². The van der Waals surface area contributed by atoms with Gasteiger partial charge in [0.1, 0.15) is 0 Å². The van der Waals surface area contributed by atoms with E-state index in [1.807, 2.05) is 19.5 Å². The molecule has 6 heteroatoms. The van der Waals surface area contributed by atoms with Gasteiger partial charge in [0, 0.05) is 24.2 Å². The second-order valence-corrected chi connectivity index (χ2v) is 5.92. The molecule has 1 aromatic heterocycles. The zero-order chi connectivity index (χ0) is 13.5. The third kappa shape index (κ3) is 5.97. The highest BCUT2D eigenvalue weighted by atomic mass is 32.1. The number of urea groups is 1. The molecule has 0 aliphatic rings. The number of hydrogen-bond donors (Lipinski definition) is 2. The molecule has 1 aromatic rings. The molecule has 102 valence electrons. The monoisotopic (exact) mass is 270 g/mol. The van der Waals surface area contributed by atoms with Crippen LogP contribution in [0.15, 0.2) is 11.6 Å². The van der Waals surface area contributed by atoms with Crippen molar-refractivity contribution in [2.24, 2.45) is 5.92 Å². The predicted octanol–water partition coefficient (Wildman–Crippen LogP) is 2.24. The number of rotatable bonds is 6. The molecule has 0 radical (unpaired) electrons. The Labute approximate surface area is 113 Å². The Morgan fingerprint density at radius 1 is 1.50 bits per heavy atom. The van der Waals surface area contributed by atoms with Crippen LogP contribution in [0.25, 0.3) is 0 Å². The summed E-state index contributed by atoms with van der Waals surface area (Å²) in [6, 6.07) is -0.0302. The first-order valence-corrected chi connectivity index (χ1v) is 6.97. The lowest BCUT2D eigenvalue weighted by atomic mass is 10.0. The van der Waals surface area contributed by atoms with E-state index in [1.165, 1.54) is 11.3 Å². The fourth-order valence-corrected chi connectivity index (χ4v) is 2.32. The van der Waals surface area contributed by atoms with Crippen molar-refractivity contribution in [1.29, 1.82) is 0 Å². The van der Waals surface area contributed by atoms with Crippen LogP contribution in [0.3, 0.4) is 0 Å². The molecule has 0 saturated carbocycles. The molecule has 2 amide bonds. The SMILES string of the molecule is CC(C)CC(CN(C)C)NC(=O)Nc1nccs1. The number of likely N-dealkylation sites (N-methyl/N-ethyl adjacent to an activating group) is 1. The molecule has 5 nitrogen and oxygen atoms in total. The first kappa shape index (κ1) is 14.9. The number of anilines is 1. The van der Waals surface area contributed by atoms with Crippen molar-refractivity contribution in [2.45, 2.75) is 26.3 Å². The van der Waals surface area contributed by atoms with Crippen molar-refractivity contribution >= 4 is 22.5 Å². The van der Waals surface area contributed by atoms with E-state index >= 15 is 0 Å². The summed E-state index contributed by atoms with van der Waals surface area (Å²) in [6.07, 6.45) is 2.63. The molecule has 0 aliphatic heterocycles. The zero-order valence-electron chi connectivity index (χ0n) is 11.4. The van der Waals surface area contributed by atoms with Gasteiger partial charge in [0.05, 0.1) is 0 Å². The summed E-state index contributed by atoms with van der Waals surface area (Å²) >= 11 is 1.41. The van der Waals surface area contributed by atoms with Crippen LogP contribution < -0.4 is 10.6 Å². The molecule has 2 N–H and O–H groups in total. The van der Waals surface area contributed by atoms with Crippen molar-refractivity contribution in [3.8, 4) is 0 Å². The van der Waals surface area contributed by atoms with E-state index in [0.717, 1.165) is 13.0 Å². The second kappa shape index (κ2) is 7.33. The summed E-state index contributed by atoms with van der Waals surface area (Å²) in [5.41, 5.74) is 0. The van der Waals surface area contributed by atoms with Crippen LogP contribution >= 0.6 is 11.3 Å². The Hall–Kier alpha value is -1.14. The number of carbonyl (C=O) groups excluding carboxylic acids is 1. The van der Waals surface area contributed by atoms with Crippen LogP contribution in [-0.2, 0) is 0 Å². The van der Waals surface area contributed by atoms with Gasteiger partial charge in [-0.25, -0.2) is 9.78 Å². The summed E-state index contributed by atoms with van der Waals surface area (Å²) in [7, 11) is 4.02. The lowest BCUT2D eigenvalue weighted by Gasteiger charge is -2.23. The third-order valence-corrected chi connectivity index (χ3v) is 3.02. The summed E-state index contributed by atoms with van der Waals surface area (Å²) in [5.74, 6) is 0.551. The van der Waals surface area contributed by atoms with Crippen molar-refractivity contribution in [3.63, 3.8) is 0 Å². The molecule has 1 rings (SSSR count). The van der Waals surface area contributed by atoms with Crippen molar-refractivity contribution in [2.75, 3.05) is 26.0 Å². The summed E-state index contributed by atoms with van der Waals surface area (Å²) in [5, 5.41) is 8.19. The van der Waals surface area contributed by atoms with E-state index < -0.39 is 0 Å². The van der Waals surface area contributed by atoms with E-state index in [2.05, 4.69) is 34.4 Å².